The summed E-state index contributed by atoms with van der Waals surface area (Å²) in [5.74, 6) is 1.58. The molecule has 107 valence electrons. The molecule has 0 bridgehead atoms. The van der Waals surface area contributed by atoms with E-state index in [-0.39, 0.29) is 0 Å². The molecule has 1 saturated heterocycles. The van der Waals surface area contributed by atoms with Gasteiger partial charge in [0.05, 0.1) is 0 Å². The van der Waals surface area contributed by atoms with Crippen LogP contribution in [0.3, 0.4) is 0 Å². The fourth-order valence-corrected chi connectivity index (χ4v) is 12.6. The number of hydrogen-bond acceptors (Lipinski definition) is 3. The summed E-state index contributed by atoms with van der Waals surface area (Å²) in [6, 6.07) is 0. The SMILES string of the molecule is CC[N](CC)[Sn]1[N](CC(C)C)C(C)[N]1CC(C)C. The van der Waals surface area contributed by atoms with Gasteiger partial charge in [-0.3, -0.25) is 0 Å². The summed E-state index contributed by atoms with van der Waals surface area (Å²) < 4.78 is 8.47. The van der Waals surface area contributed by atoms with E-state index in [1.54, 1.807) is 0 Å². The van der Waals surface area contributed by atoms with Gasteiger partial charge in [0, 0.05) is 0 Å². The predicted molar refractivity (Wildman–Crippen MR) is 81.2 cm³/mol. The zero-order chi connectivity index (χ0) is 13.9. The molecular formula is C14H32N3Sn. The van der Waals surface area contributed by atoms with E-state index in [0.29, 0.717) is 6.17 Å². The van der Waals surface area contributed by atoms with E-state index in [4.69, 9.17) is 0 Å². The molecule has 0 saturated carbocycles. The second kappa shape index (κ2) is 7.46. The second-order valence-electron chi connectivity index (χ2n) is 6.20. The van der Waals surface area contributed by atoms with Gasteiger partial charge in [0.25, 0.3) is 0 Å². The Morgan fingerprint density at radius 2 is 1.33 bits per heavy atom. The van der Waals surface area contributed by atoms with Crippen LogP contribution in [-0.2, 0) is 0 Å². The van der Waals surface area contributed by atoms with Crippen molar-refractivity contribution in [2.45, 2.75) is 54.6 Å². The Morgan fingerprint density at radius 1 is 0.944 bits per heavy atom. The van der Waals surface area contributed by atoms with Gasteiger partial charge in [-0.2, -0.15) is 0 Å². The molecule has 1 rings (SSSR count). The number of nitrogens with zero attached hydrogens (tertiary/aromatic N) is 3. The Morgan fingerprint density at radius 3 is 1.61 bits per heavy atom. The summed E-state index contributed by atoms with van der Waals surface area (Å²) >= 11 is -1.66. The monoisotopic (exact) mass is 362 g/mol. The minimum absolute atomic E-state index is 0.685. The van der Waals surface area contributed by atoms with Crippen molar-refractivity contribution in [3.8, 4) is 0 Å². The molecule has 1 heterocycles. The molecule has 4 heteroatoms. The summed E-state index contributed by atoms with van der Waals surface area (Å²) in [7, 11) is 0. The van der Waals surface area contributed by atoms with Crippen molar-refractivity contribution < 1.29 is 0 Å². The molecule has 0 unspecified atom stereocenters. The zero-order valence-corrected chi connectivity index (χ0v) is 16.3. The first-order valence-electron chi connectivity index (χ1n) is 7.57. The topological polar surface area (TPSA) is 9.72 Å². The van der Waals surface area contributed by atoms with Gasteiger partial charge in [0.1, 0.15) is 0 Å². The molecule has 3 nitrogen and oxygen atoms in total. The van der Waals surface area contributed by atoms with Gasteiger partial charge < -0.3 is 0 Å². The fourth-order valence-electron chi connectivity index (χ4n) is 2.74. The molecule has 0 aromatic rings. The quantitative estimate of drug-likeness (QED) is 0.646. The van der Waals surface area contributed by atoms with Gasteiger partial charge in [0.15, 0.2) is 0 Å². The van der Waals surface area contributed by atoms with Gasteiger partial charge in [-0.05, 0) is 0 Å². The molecule has 1 fully saturated rings. The van der Waals surface area contributed by atoms with Crippen molar-refractivity contribution in [1.29, 1.82) is 0 Å². The van der Waals surface area contributed by atoms with Crippen LogP contribution in [0.5, 0.6) is 0 Å². The van der Waals surface area contributed by atoms with Crippen LogP contribution in [0.1, 0.15) is 48.5 Å². The van der Waals surface area contributed by atoms with Crippen LogP contribution in [0.4, 0.5) is 0 Å². The van der Waals surface area contributed by atoms with Gasteiger partial charge in [-0.25, -0.2) is 0 Å². The Kier molecular flexibility index (Phi) is 6.93. The van der Waals surface area contributed by atoms with E-state index in [9.17, 15) is 0 Å². The maximum atomic E-state index is 2.85. The van der Waals surface area contributed by atoms with Crippen molar-refractivity contribution in [3.63, 3.8) is 0 Å². The van der Waals surface area contributed by atoms with Crippen molar-refractivity contribution in [2.24, 2.45) is 11.8 Å². The molecule has 0 N–H and O–H groups in total. The summed E-state index contributed by atoms with van der Waals surface area (Å²) in [4.78, 5) is 0. The van der Waals surface area contributed by atoms with E-state index in [1.807, 2.05) is 0 Å². The standard InChI is InChI=1S/C10H22N2.C4H10N.Sn/c1-8(2)6-11-10(5)12-7-9(3)4;1-3-5-4-2;/h8-10H,6-7H2,1-5H3;3-4H2,1-2H3;/q-2;-1;+3. The van der Waals surface area contributed by atoms with Gasteiger partial charge in [-0.15, -0.1) is 0 Å². The molecule has 18 heavy (non-hydrogen) atoms. The second-order valence-corrected chi connectivity index (χ2v) is 13.0. The Labute approximate surface area is 122 Å². The Balaban J connectivity index is 2.73. The van der Waals surface area contributed by atoms with Crippen molar-refractivity contribution >= 4 is 20.6 Å². The van der Waals surface area contributed by atoms with E-state index in [0.717, 1.165) is 11.8 Å². The van der Waals surface area contributed by atoms with Crippen LogP contribution in [0, 0.1) is 11.8 Å². The van der Waals surface area contributed by atoms with Gasteiger partial charge in [0.2, 0.25) is 0 Å². The van der Waals surface area contributed by atoms with Crippen molar-refractivity contribution in [1.82, 2.24) is 9.36 Å². The molecule has 0 aliphatic carbocycles. The third-order valence-electron chi connectivity index (χ3n) is 3.59. The molecule has 1 aliphatic heterocycles. The summed E-state index contributed by atoms with van der Waals surface area (Å²) in [6.07, 6.45) is 0.685. The summed E-state index contributed by atoms with van der Waals surface area (Å²) in [6.45, 7) is 21.5. The summed E-state index contributed by atoms with van der Waals surface area (Å²) in [5, 5.41) is 0. The van der Waals surface area contributed by atoms with Gasteiger partial charge >= 0.3 is 123 Å². The van der Waals surface area contributed by atoms with Crippen molar-refractivity contribution in [3.05, 3.63) is 0 Å². The van der Waals surface area contributed by atoms with Crippen LogP contribution < -0.4 is 0 Å². The molecule has 1 radical (unpaired) electrons. The number of rotatable bonds is 7. The molecule has 0 amide bonds. The third-order valence-corrected chi connectivity index (χ3v) is 13.1. The molecular weight excluding hydrogens is 329 g/mol. The zero-order valence-electron chi connectivity index (χ0n) is 13.4. The molecule has 0 aromatic carbocycles. The van der Waals surface area contributed by atoms with E-state index < -0.39 is 20.6 Å². The maximum absolute atomic E-state index is 2.85. The minimum atomic E-state index is -1.66. The first kappa shape index (κ1) is 16.7. The molecule has 0 spiro atoms. The van der Waals surface area contributed by atoms with Crippen LogP contribution in [0.15, 0.2) is 0 Å². The Bertz CT molecular complexity index is 223. The molecule has 0 atom stereocenters. The van der Waals surface area contributed by atoms with Gasteiger partial charge in [-0.1, -0.05) is 0 Å². The van der Waals surface area contributed by atoms with Crippen LogP contribution >= 0.6 is 0 Å². The van der Waals surface area contributed by atoms with E-state index >= 15 is 0 Å². The van der Waals surface area contributed by atoms with Crippen LogP contribution in [0.25, 0.3) is 0 Å². The average molecular weight is 361 g/mol. The Hall–Kier alpha value is 0.679. The normalized spacial score (nSPS) is 20.3. The molecule has 1 aliphatic rings. The van der Waals surface area contributed by atoms with Crippen LogP contribution in [-0.4, -0.2) is 62.3 Å². The van der Waals surface area contributed by atoms with Crippen molar-refractivity contribution in [2.75, 3.05) is 26.2 Å². The first-order chi connectivity index (χ1) is 8.42. The third kappa shape index (κ3) is 3.84. The predicted octanol–water partition coefficient (Wildman–Crippen LogP) is 2.59. The average Bonchev–Trinajstić information content (AvgIpc) is 2.31. The summed E-state index contributed by atoms with van der Waals surface area (Å²) in [5.41, 5.74) is 0. The fraction of sp³-hybridized carbons (Fsp3) is 1.00. The number of hydrogen-bond donors (Lipinski definition) is 0. The van der Waals surface area contributed by atoms with E-state index in [1.165, 1.54) is 26.2 Å². The first-order valence-corrected chi connectivity index (χ1v) is 11.4. The molecule has 0 aromatic heterocycles. The van der Waals surface area contributed by atoms with E-state index in [2.05, 4.69) is 57.8 Å². The van der Waals surface area contributed by atoms with Crippen LogP contribution in [0.2, 0.25) is 0 Å².